The van der Waals surface area contributed by atoms with Crippen LogP contribution in [0.1, 0.15) is 26.2 Å². The van der Waals surface area contributed by atoms with Gasteiger partial charge in [0.2, 0.25) is 5.91 Å². The van der Waals surface area contributed by atoms with Crippen molar-refractivity contribution in [1.82, 2.24) is 4.90 Å². The lowest BCUT2D eigenvalue weighted by molar-refractivity contribution is -0.123. The van der Waals surface area contributed by atoms with Crippen LogP contribution < -0.4 is 10.6 Å². The summed E-state index contributed by atoms with van der Waals surface area (Å²) in [6.45, 7) is 5.31. The zero-order chi connectivity index (χ0) is 15.2. The molecule has 1 atom stereocenters. The summed E-state index contributed by atoms with van der Waals surface area (Å²) in [5, 5.41) is 9.91. The third-order valence-corrected chi connectivity index (χ3v) is 4.14. The highest BCUT2D eigenvalue weighted by Crippen LogP contribution is 2.27. The molecule has 0 bridgehead atoms. The minimum atomic E-state index is -0.223. The molecule has 0 saturated carbocycles. The minimum absolute atomic E-state index is 0.156. The molecule has 0 spiro atoms. The monoisotopic (exact) mass is 291 g/mol. The van der Waals surface area contributed by atoms with Gasteiger partial charge in [0.15, 0.2) is 0 Å². The normalized spacial score (nSPS) is 17.7. The second-order valence-corrected chi connectivity index (χ2v) is 5.57. The van der Waals surface area contributed by atoms with Gasteiger partial charge in [0, 0.05) is 26.2 Å². The molecule has 1 amide bonds. The van der Waals surface area contributed by atoms with E-state index in [2.05, 4.69) is 16.7 Å². The van der Waals surface area contributed by atoms with Crippen molar-refractivity contribution in [2.75, 3.05) is 31.1 Å². The summed E-state index contributed by atoms with van der Waals surface area (Å²) in [4.78, 5) is 16.0. The minimum Gasteiger partial charge on any atom is -0.506 e. The SMILES string of the molecule is CCCC[C@H](C(N)=O)N1CCN(c2ccccc2O)CC1. The first-order chi connectivity index (χ1) is 10.1. The zero-order valence-electron chi connectivity index (χ0n) is 12.7. The lowest BCUT2D eigenvalue weighted by Crippen LogP contribution is -2.54. The number of carbonyl (C=O) groups excluding carboxylic acids is 1. The van der Waals surface area contributed by atoms with E-state index in [1.165, 1.54) is 0 Å². The predicted molar refractivity (Wildman–Crippen MR) is 84.4 cm³/mol. The molecule has 1 aromatic rings. The summed E-state index contributed by atoms with van der Waals surface area (Å²) < 4.78 is 0. The van der Waals surface area contributed by atoms with Crippen LogP contribution in [-0.2, 0) is 4.79 Å². The fourth-order valence-corrected chi connectivity index (χ4v) is 2.91. The molecular formula is C16H25N3O2. The Morgan fingerprint density at radius 1 is 1.29 bits per heavy atom. The van der Waals surface area contributed by atoms with Crippen molar-refractivity contribution in [3.63, 3.8) is 0 Å². The second kappa shape index (κ2) is 7.31. The number of rotatable bonds is 6. The van der Waals surface area contributed by atoms with Crippen molar-refractivity contribution in [3.05, 3.63) is 24.3 Å². The summed E-state index contributed by atoms with van der Waals surface area (Å²) in [6, 6.07) is 7.22. The van der Waals surface area contributed by atoms with Gasteiger partial charge in [-0.1, -0.05) is 31.9 Å². The van der Waals surface area contributed by atoms with E-state index in [9.17, 15) is 9.90 Å². The Hall–Kier alpha value is -1.75. The van der Waals surface area contributed by atoms with Gasteiger partial charge in [-0.3, -0.25) is 9.69 Å². The third-order valence-electron chi connectivity index (χ3n) is 4.14. The number of hydrogen-bond acceptors (Lipinski definition) is 4. The average molecular weight is 291 g/mol. The number of nitrogens with zero attached hydrogens (tertiary/aromatic N) is 2. The molecule has 1 saturated heterocycles. The van der Waals surface area contributed by atoms with Crippen LogP contribution in [0.25, 0.3) is 0 Å². The van der Waals surface area contributed by atoms with Gasteiger partial charge in [-0.2, -0.15) is 0 Å². The van der Waals surface area contributed by atoms with Crippen LogP contribution in [0.5, 0.6) is 5.75 Å². The van der Waals surface area contributed by atoms with Crippen molar-refractivity contribution in [2.45, 2.75) is 32.2 Å². The number of piperazine rings is 1. The number of unbranched alkanes of at least 4 members (excludes halogenated alkanes) is 1. The lowest BCUT2D eigenvalue weighted by Gasteiger charge is -2.39. The maximum Gasteiger partial charge on any atom is 0.234 e. The van der Waals surface area contributed by atoms with Gasteiger partial charge in [-0.25, -0.2) is 0 Å². The largest absolute Gasteiger partial charge is 0.506 e. The van der Waals surface area contributed by atoms with Crippen LogP contribution in [0.3, 0.4) is 0 Å². The van der Waals surface area contributed by atoms with Gasteiger partial charge >= 0.3 is 0 Å². The highest BCUT2D eigenvalue weighted by Gasteiger charge is 2.27. The number of phenolic OH excluding ortho intramolecular Hbond substituents is 1. The number of para-hydroxylation sites is 2. The maximum atomic E-state index is 11.6. The standard InChI is InChI=1S/C16H25N3O2/c1-2-3-6-14(16(17)21)19-11-9-18(10-12-19)13-7-4-5-8-15(13)20/h4-5,7-8,14,20H,2-3,6,9-12H2,1H3,(H2,17,21)/t14-/m1/s1. The van der Waals surface area contributed by atoms with E-state index in [0.717, 1.165) is 51.1 Å². The molecule has 5 heteroatoms. The van der Waals surface area contributed by atoms with Gasteiger partial charge in [-0.15, -0.1) is 0 Å². The quantitative estimate of drug-likeness (QED) is 0.834. The molecule has 0 aliphatic carbocycles. The molecule has 5 nitrogen and oxygen atoms in total. The molecule has 3 N–H and O–H groups in total. The van der Waals surface area contributed by atoms with Crippen molar-refractivity contribution in [3.8, 4) is 5.75 Å². The molecule has 0 unspecified atom stereocenters. The van der Waals surface area contributed by atoms with E-state index < -0.39 is 0 Å². The first-order valence-electron chi connectivity index (χ1n) is 7.69. The Kier molecular flexibility index (Phi) is 5.44. The molecule has 21 heavy (non-hydrogen) atoms. The molecule has 0 aromatic heterocycles. The van der Waals surface area contributed by atoms with Gasteiger partial charge in [0.25, 0.3) is 0 Å². The molecule has 0 radical (unpaired) electrons. The fraction of sp³-hybridized carbons (Fsp3) is 0.562. The number of aromatic hydroxyl groups is 1. The first kappa shape index (κ1) is 15.6. The highest BCUT2D eigenvalue weighted by molar-refractivity contribution is 5.79. The highest BCUT2D eigenvalue weighted by atomic mass is 16.3. The number of carbonyl (C=O) groups is 1. The molecule has 1 heterocycles. The lowest BCUT2D eigenvalue weighted by atomic mass is 10.1. The average Bonchev–Trinajstić information content (AvgIpc) is 2.49. The summed E-state index contributed by atoms with van der Waals surface area (Å²) in [5.74, 6) is 0.0860. The molecule has 116 valence electrons. The Labute approximate surface area is 126 Å². The molecule has 1 aliphatic heterocycles. The number of hydrogen-bond donors (Lipinski definition) is 2. The van der Waals surface area contributed by atoms with Crippen molar-refractivity contribution in [1.29, 1.82) is 0 Å². The van der Waals surface area contributed by atoms with Crippen LogP contribution in [0.2, 0.25) is 0 Å². The smallest absolute Gasteiger partial charge is 0.234 e. The fourth-order valence-electron chi connectivity index (χ4n) is 2.91. The summed E-state index contributed by atoms with van der Waals surface area (Å²) >= 11 is 0. The van der Waals surface area contributed by atoms with Crippen molar-refractivity contribution in [2.24, 2.45) is 5.73 Å². The molecule has 1 fully saturated rings. The van der Waals surface area contributed by atoms with E-state index in [4.69, 9.17) is 5.73 Å². The Bertz CT molecular complexity index is 470. The van der Waals surface area contributed by atoms with Crippen molar-refractivity contribution >= 4 is 11.6 Å². The molecule has 1 aliphatic rings. The zero-order valence-corrected chi connectivity index (χ0v) is 12.7. The van der Waals surface area contributed by atoms with Crippen LogP contribution in [0.4, 0.5) is 5.69 Å². The van der Waals surface area contributed by atoms with Crippen LogP contribution in [0.15, 0.2) is 24.3 Å². The third kappa shape index (κ3) is 3.88. The molecule has 1 aromatic carbocycles. The number of nitrogens with two attached hydrogens (primary N) is 1. The van der Waals surface area contributed by atoms with E-state index in [0.29, 0.717) is 5.75 Å². The van der Waals surface area contributed by atoms with Gasteiger partial charge in [0.05, 0.1) is 11.7 Å². The van der Waals surface area contributed by atoms with Gasteiger partial charge in [0.1, 0.15) is 5.75 Å². The molecule has 2 rings (SSSR count). The van der Waals surface area contributed by atoms with Crippen LogP contribution in [-0.4, -0.2) is 48.1 Å². The van der Waals surface area contributed by atoms with Crippen LogP contribution >= 0.6 is 0 Å². The van der Waals surface area contributed by atoms with Crippen molar-refractivity contribution < 1.29 is 9.90 Å². The summed E-state index contributed by atoms with van der Waals surface area (Å²) in [5.41, 5.74) is 6.41. The summed E-state index contributed by atoms with van der Waals surface area (Å²) in [7, 11) is 0. The number of benzene rings is 1. The number of anilines is 1. The Morgan fingerprint density at radius 3 is 2.52 bits per heavy atom. The first-order valence-corrected chi connectivity index (χ1v) is 7.69. The van der Waals surface area contributed by atoms with E-state index >= 15 is 0 Å². The van der Waals surface area contributed by atoms with E-state index in [1.54, 1.807) is 6.07 Å². The number of amides is 1. The predicted octanol–water partition coefficient (Wildman–Crippen LogP) is 1.56. The maximum absolute atomic E-state index is 11.6. The van der Waals surface area contributed by atoms with E-state index in [1.807, 2.05) is 18.2 Å². The summed E-state index contributed by atoms with van der Waals surface area (Å²) in [6.07, 6.45) is 2.93. The number of phenols is 1. The Morgan fingerprint density at radius 2 is 1.95 bits per heavy atom. The second-order valence-electron chi connectivity index (χ2n) is 5.57. The van der Waals surface area contributed by atoms with Gasteiger partial charge in [-0.05, 0) is 18.6 Å². The number of primary amides is 1. The Balaban J connectivity index is 1.96. The molecular weight excluding hydrogens is 266 g/mol. The van der Waals surface area contributed by atoms with Gasteiger partial charge < -0.3 is 15.7 Å². The topological polar surface area (TPSA) is 69.8 Å². The van der Waals surface area contributed by atoms with Crippen LogP contribution in [0, 0.1) is 0 Å². The van der Waals surface area contributed by atoms with E-state index in [-0.39, 0.29) is 11.9 Å².